The van der Waals surface area contributed by atoms with Crippen molar-refractivity contribution in [2.24, 2.45) is 0 Å². The highest BCUT2D eigenvalue weighted by molar-refractivity contribution is 5.94. The van der Waals surface area contributed by atoms with Crippen molar-refractivity contribution in [1.29, 1.82) is 0 Å². The zero-order chi connectivity index (χ0) is 15.9. The van der Waals surface area contributed by atoms with Crippen LogP contribution in [0.5, 0.6) is 0 Å². The molecule has 3 rings (SSSR count). The maximum atomic E-state index is 12.6. The standard InChI is InChI=1S/C14H17N7O/c1-7-4-5-10-16-8(2)11(21(10)6-7)13(22)17-9(3)12-18-14(15)20-19-12/h4-6,9H,1-3H3,(H,17,22)(H3,15,18,19,20). The number of rotatable bonds is 3. The third-order valence-corrected chi connectivity index (χ3v) is 3.43. The molecule has 1 unspecified atom stereocenters. The number of hydrogen-bond donors (Lipinski definition) is 3. The van der Waals surface area contributed by atoms with E-state index in [4.69, 9.17) is 5.73 Å². The van der Waals surface area contributed by atoms with Gasteiger partial charge in [0.25, 0.3) is 5.91 Å². The molecular formula is C14H17N7O. The lowest BCUT2D eigenvalue weighted by Gasteiger charge is -2.11. The summed E-state index contributed by atoms with van der Waals surface area (Å²) in [5, 5.41) is 9.33. The topological polar surface area (TPSA) is 114 Å². The summed E-state index contributed by atoms with van der Waals surface area (Å²) in [6.07, 6.45) is 1.89. The number of imidazole rings is 1. The number of nitrogen functional groups attached to an aromatic ring is 1. The predicted molar refractivity (Wildman–Crippen MR) is 81.3 cm³/mol. The number of aryl methyl sites for hydroxylation is 2. The molecule has 8 nitrogen and oxygen atoms in total. The van der Waals surface area contributed by atoms with Gasteiger partial charge in [-0.25, -0.2) is 4.98 Å². The summed E-state index contributed by atoms with van der Waals surface area (Å²) in [4.78, 5) is 21.0. The Kier molecular flexibility index (Phi) is 3.28. The normalized spacial score (nSPS) is 12.5. The van der Waals surface area contributed by atoms with E-state index in [1.165, 1.54) is 0 Å². The van der Waals surface area contributed by atoms with Crippen LogP contribution in [0.25, 0.3) is 5.65 Å². The van der Waals surface area contributed by atoms with Gasteiger partial charge < -0.3 is 11.1 Å². The van der Waals surface area contributed by atoms with Gasteiger partial charge in [-0.05, 0) is 32.4 Å². The van der Waals surface area contributed by atoms with Crippen LogP contribution in [0.15, 0.2) is 18.3 Å². The maximum absolute atomic E-state index is 12.6. The first kappa shape index (κ1) is 14.1. The number of anilines is 1. The molecule has 8 heteroatoms. The predicted octanol–water partition coefficient (Wildman–Crippen LogP) is 1.14. The Morgan fingerprint density at radius 2 is 2.14 bits per heavy atom. The van der Waals surface area contributed by atoms with Gasteiger partial charge in [0.15, 0.2) is 0 Å². The maximum Gasteiger partial charge on any atom is 0.270 e. The first-order chi connectivity index (χ1) is 10.5. The van der Waals surface area contributed by atoms with Crippen LogP contribution in [0.2, 0.25) is 0 Å². The molecule has 0 aliphatic rings. The number of fused-ring (bicyclic) bond motifs is 1. The van der Waals surface area contributed by atoms with E-state index in [9.17, 15) is 4.79 Å². The van der Waals surface area contributed by atoms with E-state index in [2.05, 4.69) is 25.5 Å². The van der Waals surface area contributed by atoms with E-state index in [1.54, 1.807) is 4.40 Å². The van der Waals surface area contributed by atoms with Crippen LogP contribution in [-0.2, 0) is 0 Å². The summed E-state index contributed by atoms with van der Waals surface area (Å²) in [5.41, 5.74) is 8.45. The van der Waals surface area contributed by atoms with Crippen molar-refractivity contribution in [2.45, 2.75) is 26.8 Å². The second-order valence-corrected chi connectivity index (χ2v) is 5.25. The Balaban J connectivity index is 1.92. The van der Waals surface area contributed by atoms with E-state index >= 15 is 0 Å². The van der Waals surface area contributed by atoms with Crippen LogP contribution in [-0.4, -0.2) is 30.5 Å². The molecule has 0 saturated heterocycles. The van der Waals surface area contributed by atoms with Crippen LogP contribution in [0.4, 0.5) is 5.95 Å². The second kappa shape index (κ2) is 5.14. The first-order valence-electron chi connectivity index (χ1n) is 6.89. The highest BCUT2D eigenvalue weighted by atomic mass is 16.2. The average Bonchev–Trinajstić information content (AvgIpc) is 3.01. The van der Waals surface area contributed by atoms with Gasteiger partial charge in [-0.15, -0.1) is 5.10 Å². The van der Waals surface area contributed by atoms with Crippen LogP contribution in [0.3, 0.4) is 0 Å². The summed E-state index contributed by atoms with van der Waals surface area (Å²) < 4.78 is 1.79. The lowest BCUT2D eigenvalue weighted by molar-refractivity contribution is 0.0931. The summed E-state index contributed by atoms with van der Waals surface area (Å²) in [6, 6.07) is 3.51. The van der Waals surface area contributed by atoms with Crippen molar-refractivity contribution >= 4 is 17.5 Å². The fraction of sp³-hybridized carbons (Fsp3) is 0.286. The molecule has 0 fully saturated rings. The van der Waals surface area contributed by atoms with Crippen LogP contribution >= 0.6 is 0 Å². The molecule has 0 bridgehead atoms. The van der Waals surface area contributed by atoms with Gasteiger partial charge in [0.05, 0.1) is 11.7 Å². The number of pyridine rings is 1. The Bertz CT molecular complexity index is 848. The largest absolute Gasteiger partial charge is 0.367 e. The highest BCUT2D eigenvalue weighted by Gasteiger charge is 2.20. The van der Waals surface area contributed by atoms with Gasteiger partial charge in [-0.1, -0.05) is 6.07 Å². The quantitative estimate of drug-likeness (QED) is 0.671. The van der Waals surface area contributed by atoms with E-state index in [0.29, 0.717) is 17.2 Å². The number of nitrogens with one attached hydrogen (secondary N) is 2. The van der Waals surface area contributed by atoms with E-state index in [-0.39, 0.29) is 17.9 Å². The smallest absolute Gasteiger partial charge is 0.270 e. The van der Waals surface area contributed by atoms with Gasteiger partial charge in [-0.3, -0.25) is 14.3 Å². The zero-order valence-corrected chi connectivity index (χ0v) is 12.6. The van der Waals surface area contributed by atoms with Crippen molar-refractivity contribution in [1.82, 2.24) is 29.9 Å². The fourth-order valence-electron chi connectivity index (χ4n) is 2.36. The third-order valence-electron chi connectivity index (χ3n) is 3.43. The summed E-state index contributed by atoms with van der Waals surface area (Å²) in [6.45, 7) is 5.59. The fourth-order valence-corrected chi connectivity index (χ4v) is 2.36. The molecule has 22 heavy (non-hydrogen) atoms. The van der Waals surface area contributed by atoms with Crippen LogP contribution < -0.4 is 11.1 Å². The molecule has 0 radical (unpaired) electrons. The Morgan fingerprint density at radius 1 is 1.36 bits per heavy atom. The zero-order valence-electron chi connectivity index (χ0n) is 12.6. The Morgan fingerprint density at radius 3 is 2.82 bits per heavy atom. The number of aromatic nitrogens is 5. The molecule has 1 atom stereocenters. The van der Waals surface area contributed by atoms with Gasteiger partial charge in [0.2, 0.25) is 5.95 Å². The second-order valence-electron chi connectivity index (χ2n) is 5.25. The molecule has 0 aliphatic heterocycles. The molecule has 0 saturated carbocycles. The monoisotopic (exact) mass is 299 g/mol. The Hall–Kier alpha value is -2.90. The number of H-pyrrole nitrogens is 1. The minimum atomic E-state index is -0.341. The lowest BCUT2D eigenvalue weighted by Crippen LogP contribution is -2.29. The van der Waals surface area contributed by atoms with Gasteiger partial charge in [-0.2, -0.15) is 4.98 Å². The van der Waals surface area contributed by atoms with Crippen molar-refractivity contribution in [3.63, 3.8) is 0 Å². The first-order valence-corrected chi connectivity index (χ1v) is 6.89. The van der Waals surface area contributed by atoms with Crippen molar-refractivity contribution < 1.29 is 4.79 Å². The van der Waals surface area contributed by atoms with Crippen molar-refractivity contribution in [2.75, 3.05) is 5.73 Å². The summed E-state index contributed by atoms with van der Waals surface area (Å²) >= 11 is 0. The van der Waals surface area contributed by atoms with Crippen molar-refractivity contribution in [3.8, 4) is 0 Å². The molecular weight excluding hydrogens is 282 g/mol. The molecule has 3 aromatic rings. The van der Waals surface area contributed by atoms with Crippen LogP contribution in [0.1, 0.15) is 40.5 Å². The highest BCUT2D eigenvalue weighted by Crippen LogP contribution is 2.15. The molecule has 1 amide bonds. The number of aromatic amines is 1. The molecule has 0 aliphatic carbocycles. The van der Waals surface area contributed by atoms with Gasteiger partial charge in [0, 0.05) is 6.20 Å². The molecule has 0 spiro atoms. The molecule has 0 aromatic carbocycles. The molecule has 3 aromatic heterocycles. The molecule has 114 valence electrons. The number of carbonyl (C=O) groups excluding carboxylic acids is 1. The van der Waals surface area contributed by atoms with E-state index in [1.807, 2.05) is 39.1 Å². The van der Waals surface area contributed by atoms with E-state index in [0.717, 1.165) is 11.2 Å². The van der Waals surface area contributed by atoms with E-state index < -0.39 is 0 Å². The SMILES string of the molecule is Cc1ccc2nc(C)c(C(=O)NC(C)c3nc(N)n[nH]3)n2c1. The van der Waals surface area contributed by atoms with Crippen LogP contribution in [0, 0.1) is 13.8 Å². The summed E-state index contributed by atoms with van der Waals surface area (Å²) in [5.74, 6) is 0.435. The average molecular weight is 299 g/mol. The number of hydrogen-bond acceptors (Lipinski definition) is 5. The van der Waals surface area contributed by atoms with Gasteiger partial charge in [0.1, 0.15) is 17.2 Å². The minimum absolute atomic E-state index is 0.151. The molecule has 4 N–H and O–H groups in total. The number of nitrogens with two attached hydrogens (primary N) is 1. The lowest BCUT2D eigenvalue weighted by atomic mass is 10.2. The summed E-state index contributed by atoms with van der Waals surface area (Å²) in [7, 11) is 0. The Labute approximate surface area is 126 Å². The van der Waals surface area contributed by atoms with Gasteiger partial charge >= 0.3 is 0 Å². The molecule has 3 heterocycles. The number of nitrogens with zero attached hydrogens (tertiary/aromatic N) is 4. The van der Waals surface area contributed by atoms with Crippen molar-refractivity contribution in [3.05, 3.63) is 41.1 Å². The third kappa shape index (κ3) is 2.39. The minimum Gasteiger partial charge on any atom is -0.367 e. The number of carbonyl (C=O) groups is 1. The number of amides is 1.